The van der Waals surface area contributed by atoms with E-state index < -0.39 is 6.10 Å². The molecule has 0 rings (SSSR count). The molecule has 6 heteroatoms. The summed E-state index contributed by atoms with van der Waals surface area (Å²) in [6.45, 7) is 6.14. The molecule has 6 nitrogen and oxygen atoms in total. The first kappa shape index (κ1) is 63.8. The van der Waals surface area contributed by atoms with Crippen molar-refractivity contribution in [3.63, 3.8) is 0 Å². The van der Waals surface area contributed by atoms with Gasteiger partial charge in [0, 0.05) is 19.3 Å². The van der Waals surface area contributed by atoms with Crippen LogP contribution >= 0.6 is 0 Å². The molecule has 0 saturated heterocycles. The molecule has 0 radical (unpaired) electrons. The average molecular weight is 947 g/mol. The lowest BCUT2D eigenvalue weighted by molar-refractivity contribution is -0.166. The van der Waals surface area contributed by atoms with Gasteiger partial charge >= 0.3 is 17.9 Å². The molecule has 0 aromatic rings. The highest BCUT2D eigenvalue weighted by atomic mass is 16.6. The fourth-order valence-electron chi connectivity index (χ4n) is 6.33. The van der Waals surface area contributed by atoms with Crippen molar-refractivity contribution in [1.82, 2.24) is 0 Å². The molecule has 0 spiro atoms. The molecule has 0 aliphatic heterocycles. The molecule has 382 valence electrons. The minimum atomic E-state index is -0.848. The van der Waals surface area contributed by atoms with Gasteiger partial charge in [-0.05, 0) is 135 Å². The lowest BCUT2D eigenvalue weighted by Gasteiger charge is -2.18. The lowest BCUT2D eigenvalue weighted by atomic mass is 10.1. The summed E-state index contributed by atoms with van der Waals surface area (Å²) in [7, 11) is 0. The molecule has 0 bridgehead atoms. The second-order valence-corrected chi connectivity index (χ2v) is 16.6. The summed E-state index contributed by atoms with van der Waals surface area (Å²) in [6.07, 6.45) is 82.1. The molecule has 0 aliphatic rings. The van der Waals surface area contributed by atoms with Gasteiger partial charge in [-0.15, -0.1) is 0 Å². The van der Waals surface area contributed by atoms with Gasteiger partial charge in [-0.2, -0.15) is 0 Å². The predicted molar refractivity (Wildman–Crippen MR) is 297 cm³/mol. The van der Waals surface area contributed by atoms with Crippen molar-refractivity contribution >= 4 is 17.9 Å². The number of ether oxygens (including phenoxy) is 3. The zero-order valence-electron chi connectivity index (χ0n) is 43.5. The number of unbranched alkanes of at least 4 members (excludes halogenated alkanes) is 6. The summed E-state index contributed by atoms with van der Waals surface area (Å²) in [4.78, 5) is 38.0. The normalized spacial score (nSPS) is 13.5. The molecule has 0 amide bonds. The molecular weight excluding hydrogens is 853 g/mol. The number of esters is 3. The third-order valence-corrected chi connectivity index (χ3v) is 10.2. The summed E-state index contributed by atoms with van der Waals surface area (Å²) in [6, 6.07) is 0. The summed E-state index contributed by atoms with van der Waals surface area (Å²) >= 11 is 0. The van der Waals surface area contributed by atoms with Crippen LogP contribution in [0, 0.1) is 0 Å². The smallest absolute Gasteiger partial charge is 0.306 e. The van der Waals surface area contributed by atoms with Gasteiger partial charge in [0.25, 0.3) is 0 Å². The number of rotatable bonds is 45. The van der Waals surface area contributed by atoms with Crippen LogP contribution in [0.3, 0.4) is 0 Å². The van der Waals surface area contributed by atoms with E-state index in [-0.39, 0.29) is 44.0 Å². The second kappa shape index (κ2) is 55.4. The van der Waals surface area contributed by atoms with Crippen molar-refractivity contribution in [2.75, 3.05) is 13.2 Å². The van der Waals surface area contributed by atoms with E-state index in [0.29, 0.717) is 19.3 Å². The Balaban J connectivity index is 4.64. The van der Waals surface area contributed by atoms with Crippen molar-refractivity contribution in [1.29, 1.82) is 0 Å². The highest BCUT2D eigenvalue weighted by molar-refractivity contribution is 5.71. The standard InChI is InChI=1S/C63H94O6/c1-4-7-10-13-16-19-22-25-27-29-31-33-35-38-41-44-47-50-53-56-62(65)68-59-60(58-67-61(64)55-52-49-46-43-40-37-24-21-18-15-12-9-6-3)69-63(66)57-54-51-48-45-42-39-36-34-32-30-28-26-23-20-17-14-11-8-5-2/h7-12,16-21,25-28,31-34,37-42,47,50,60H,4-6,13-15,22-24,29-30,35-36,43-46,48-49,51-59H2,1-3H3/b10-7-,11-8-,12-9-,19-16-,20-17-,21-18-,27-25-,28-26-,33-31-,34-32-,40-37-,41-38-,42-39-,50-47-. The first-order valence-electron chi connectivity index (χ1n) is 26.6. The Labute approximate surface area is 422 Å². The fraction of sp³-hybridized carbons (Fsp3) is 0.508. The number of hydrogen-bond donors (Lipinski definition) is 0. The molecule has 0 N–H and O–H groups in total. The van der Waals surface area contributed by atoms with Crippen molar-refractivity contribution in [2.45, 2.75) is 194 Å². The van der Waals surface area contributed by atoms with Crippen LogP contribution in [0.1, 0.15) is 188 Å². The zero-order valence-corrected chi connectivity index (χ0v) is 43.5. The van der Waals surface area contributed by atoms with Gasteiger partial charge in [-0.25, -0.2) is 0 Å². The maximum absolute atomic E-state index is 12.8. The first-order valence-corrected chi connectivity index (χ1v) is 26.6. The van der Waals surface area contributed by atoms with Gasteiger partial charge in [0.15, 0.2) is 6.10 Å². The summed E-state index contributed by atoms with van der Waals surface area (Å²) in [5.41, 5.74) is 0. The molecule has 0 saturated carbocycles. The van der Waals surface area contributed by atoms with Crippen LogP contribution in [0.2, 0.25) is 0 Å². The molecule has 0 aliphatic carbocycles. The molecule has 0 aromatic carbocycles. The average Bonchev–Trinajstić information content (AvgIpc) is 3.35. The SMILES string of the molecule is CC/C=C\C/C=C\C/C=C\C/C=C\C/C=C\C/C=C\CCC(=O)OCC(COC(=O)CCCCC/C=C\C/C=C\C/C=C\CC)OC(=O)CCCCC/C=C\C/C=C\C/C=C\C/C=C\C/C=C\CC. The van der Waals surface area contributed by atoms with E-state index in [1.54, 1.807) is 0 Å². The van der Waals surface area contributed by atoms with Crippen LogP contribution in [-0.2, 0) is 28.6 Å². The number of hydrogen-bond acceptors (Lipinski definition) is 6. The third-order valence-electron chi connectivity index (χ3n) is 10.2. The highest BCUT2D eigenvalue weighted by Crippen LogP contribution is 2.10. The Kier molecular flexibility index (Phi) is 51.2. The molecule has 1 atom stereocenters. The maximum Gasteiger partial charge on any atom is 0.306 e. The van der Waals surface area contributed by atoms with E-state index in [1.165, 1.54) is 0 Å². The first-order chi connectivity index (χ1) is 34.0. The molecule has 0 heterocycles. The molecule has 0 fully saturated rings. The van der Waals surface area contributed by atoms with Crippen molar-refractivity contribution in [3.05, 3.63) is 170 Å². The minimum absolute atomic E-state index is 0.139. The van der Waals surface area contributed by atoms with Gasteiger partial charge in [-0.1, -0.05) is 204 Å². The molecule has 1 unspecified atom stereocenters. The zero-order chi connectivity index (χ0) is 50.0. The van der Waals surface area contributed by atoms with E-state index in [2.05, 4.69) is 179 Å². The maximum atomic E-state index is 12.8. The van der Waals surface area contributed by atoms with Crippen molar-refractivity contribution in [2.24, 2.45) is 0 Å². The Bertz CT molecular complexity index is 1650. The van der Waals surface area contributed by atoms with Crippen LogP contribution in [0.5, 0.6) is 0 Å². The minimum Gasteiger partial charge on any atom is -0.462 e. The quantitative estimate of drug-likeness (QED) is 0.0262. The van der Waals surface area contributed by atoms with E-state index in [4.69, 9.17) is 14.2 Å². The highest BCUT2D eigenvalue weighted by Gasteiger charge is 2.19. The largest absolute Gasteiger partial charge is 0.462 e. The molecule has 69 heavy (non-hydrogen) atoms. The lowest BCUT2D eigenvalue weighted by Crippen LogP contribution is -2.30. The second-order valence-electron chi connectivity index (χ2n) is 16.6. The third kappa shape index (κ3) is 53.6. The van der Waals surface area contributed by atoms with Crippen LogP contribution in [0.25, 0.3) is 0 Å². The van der Waals surface area contributed by atoms with Gasteiger partial charge in [0.1, 0.15) is 13.2 Å². The molecular formula is C63H94O6. The van der Waals surface area contributed by atoms with E-state index in [0.717, 1.165) is 135 Å². The Hall–Kier alpha value is -5.23. The van der Waals surface area contributed by atoms with Gasteiger partial charge < -0.3 is 14.2 Å². The van der Waals surface area contributed by atoms with E-state index in [9.17, 15) is 14.4 Å². The van der Waals surface area contributed by atoms with E-state index in [1.807, 2.05) is 12.2 Å². The fourth-order valence-corrected chi connectivity index (χ4v) is 6.33. The van der Waals surface area contributed by atoms with Crippen molar-refractivity contribution in [3.8, 4) is 0 Å². The number of allylic oxidation sites excluding steroid dienone is 28. The van der Waals surface area contributed by atoms with Crippen molar-refractivity contribution < 1.29 is 28.6 Å². The number of carbonyl (C=O) groups is 3. The Morgan fingerprint density at radius 1 is 0.290 bits per heavy atom. The van der Waals surface area contributed by atoms with Crippen LogP contribution in [0.15, 0.2) is 170 Å². The molecule has 0 aromatic heterocycles. The topological polar surface area (TPSA) is 78.9 Å². The van der Waals surface area contributed by atoms with Crippen LogP contribution in [-0.4, -0.2) is 37.2 Å². The Morgan fingerprint density at radius 3 is 0.870 bits per heavy atom. The van der Waals surface area contributed by atoms with Gasteiger partial charge in [0.2, 0.25) is 0 Å². The van der Waals surface area contributed by atoms with Gasteiger partial charge in [-0.3, -0.25) is 14.4 Å². The van der Waals surface area contributed by atoms with Crippen LogP contribution in [0.4, 0.5) is 0 Å². The number of carbonyl (C=O) groups excluding carboxylic acids is 3. The summed E-state index contributed by atoms with van der Waals surface area (Å²) < 4.78 is 16.7. The summed E-state index contributed by atoms with van der Waals surface area (Å²) in [5, 5.41) is 0. The predicted octanol–water partition coefficient (Wildman–Crippen LogP) is 18.0. The monoisotopic (exact) mass is 947 g/mol. The Morgan fingerprint density at radius 2 is 0.551 bits per heavy atom. The van der Waals surface area contributed by atoms with Crippen LogP contribution < -0.4 is 0 Å². The van der Waals surface area contributed by atoms with Gasteiger partial charge in [0.05, 0.1) is 0 Å². The van der Waals surface area contributed by atoms with E-state index >= 15 is 0 Å². The summed E-state index contributed by atoms with van der Waals surface area (Å²) in [5.74, 6) is -1.10.